The normalized spacial score (nSPS) is 22.3. The molecule has 1 aliphatic rings. The largest absolute Gasteiger partial charge is 0.399 e. The van der Waals surface area contributed by atoms with Gasteiger partial charge in [0.1, 0.15) is 0 Å². The van der Waals surface area contributed by atoms with Crippen LogP contribution in [0.25, 0.3) is 10.9 Å². The van der Waals surface area contributed by atoms with E-state index in [1.54, 1.807) is 12.1 Å². The van der Waals surface area contributed by atoms with Crippen LogP contribution in [0.15, 0.2) is 18.2 Å². The van der Waals surface area contributed by atoms with Gasteiger partial charge in [-0.15, -0.1) is 0 Å². The number of hydrogen-bond donors (Lipinski definition) is 3. The predicted molar refractivity (Wildman–Crippen MR) is 84.0 cm³/mol. The van der Waals surface area contributed by atoms with Crippen molar-refractivity contribution in [3.8, 4) is 0 Å². The van der Waals surface area contributed by atoms with Gasteiger partial charge in [-0.05, 0) is 42.9 Å². The number of carbonyl (C=O) groups excluding carboxylic acids is 1. The highest BCUT2D eigenvalue weighted by molar-refractivity contribution is 6.05. The van der Waals surface area contributed by atoms with Gasteiger partial charge in [0, 0.05) is 17.6 Å². The van der Waals surface area contributed by atoms with Crippen LogP contribution in [0.4, 0.5) is 5.69 Å². The number of anilines is 1. The van der Waals surface area contributed by atoms with Crippen LogP contribution < -0.4 is 11.1 Å². The van der Waals surface area contributed by atoms with Gasteiger partial charge in [0.25, 0.3) is 5.91 Å². The molecule has 0 aliphatic heterocycles. The van der Waals surface area contributed by atoms with Crippen molar-refractivity contribution in [1.29, 1.82) is 0 Å². The molecule has 0 radical (unpaired) electrons. The Balaban J connectivity index is 1.65. The van der Waals surface area contributed by atoms with E-state index in [-0.39, 0.29) is 5.91 Å². The minimum absolute atomic E-state index is 0.120. The summed E-state index contributed by atoms with van der Waals surface area (Å²) in [4.78, 5) is 12.3. The molecule has 1 amide bonds. The summed E-state index contributed by atoms with van der Waals surface area (Å²) >= 11 is 0. The van der Waals surface area contributed by atoms with Crippen LogP contribution in [0.2, 0.25) is 0 Å². The molecule has 0 atom stereocenters. The molecule has 0 spiro atoms. The van der Waals surface area contributed by atoms with Crippen molar-refractivity contribution in [2.45, 2.75) is 32.6 Å². The number of nitrogen functional groups attached to an aromatic ring is 1. The molecule has 1 saturated carbocycles. The number of nitrogens with zero attached hydrogens (tertiary/aromatic N) is 1. The van der Waals surface area contributed by atoms with Gasteiger partial charge in [0.2, 0.25) is 0 Å². The molecule has 5 nitrogen and oxygen atoms in total. The molecule has 21 heavy (non-hydrogen) atoms. The highest BCUT2D eigenvalue weighted by Gasteiger charge is 2.20. The summed E-state index contributed by atoms with van der Waals surface area (Å²) in [5.74, 6) is 1.31. The first kappa shape index (κ1) is 13.9. The second-order valence-electron chi connectivity index (χ2n) is 6.21. The molecule has 1 heterocycles. The monoisotopic (exact) mass is 286 g/mol. The van der Waals surface area contributed by atoms with Crippen molar-refractivity contribution in [3.63, 3.8) is 0 Å². The Morgan fingerprint density at radius 1 is 1.38 bits per heavy atom. The molecule has 0 bridgehead atoms. The van der Waals surface area contributed by atoms with Crippen LogP contribution in [-0.4, -0.2) is 22.6 Å². The van der Waals surface area contributed by atoms with Crippen LogP contribution >= 0.6 is 0 Å². The molecular formula is C16H22N4O. The lowest BCUT2D eigenvalue weighted by Gasteiger charge is -2.26. The van der Waals surface area contributed by atoms with E-state index in [1.807, 2.05) is 6.07 Å². The van der Waals surface area contributed by atoms with Crippen molar-refractivity contribution < 1.29 is 4.79 Å². The number of carbonyl (C=O) groups is 1. The van der Waals surface area contributed by atoms with Crippen LogP contribution in [-0.2, 0) is 0 Å². The maximum absolute atomic E-state index is 12.3. The van der Waals surface area contributed by atoms with Crippen molar-refractivity contribution in [2.24, 2.45) is 11.8 Å². The van der Waals surface area contributed by atoms with E-state index in [0.29, 0.717) is 17.3 Å². The molecule has 4 N–H and O–H groups in total. The Morgan fingerprint density at radius 3 is 2.90 bits per heavy atom. The Labute approximate surface area is 124 Å². The van der Waals surface area contributed by atoms with Gasteiger partial charge in [-0.3, -0.25) is 9.89 Å². The Morgan fingerprint density at radius 2 is 2.14 bits per heavy atom. The average molecular weight is 286 g/mol. The molecular weight excluding hydrogens is 264 g/mol. The zero-order valence-electron chi connectivity index (χ0n) is 12.4. The summed E-state index contributed by atoms with van der Waals surface area (Å²) in [5.41, 5.74) is 7.69. The fraction of sp³-hybridized carbons (Fsp3) is 0.500. The summed E-state index contributed by atoms with van der Waals surface area (Å²) in [6.07, 6.45) is 4.94. The number of nitrogens with one attached hydrogen (secondary N) is 2. The van der Waals surface area contributed by atoms with Crippen molar-refractivity contribution >= 4 is 22.5 Å². The van der Waals surface area contributed by atoms with Gasteiger partial charge < -0.3 is 11.1 Å². The van der Waals surface area contributed by atoms with Crippen molar-refractivity contribution in [2.75, 3.05) is 12.3 Å². The van der Waals surface area contributed by atoms with Crippen molar-refractivity contribution in [1.82, 2.24) is 15.5 Å². The van der Waals surface area contributed by atoms with Gasteiger partial charge in [0.15, 0.2) is 5.69 Å². The minimum atomic E-state index is -0.120. The third-order valence-electron chi connectivity index (χ3n) is 4.49. The van der Waals surface area contributed by atoms with Gasteiger partial charge >= 0.3 is 0 Å². The second-order valence-corrected chi connectivity index (χ2v) is 6.21. The Hall–Kier alpha value is -2.04. The first-order valence-corrected chi connectivity index (χ1v) is 7.65. The number of H-pyrrole nitrogens is 1. The van der Waals surface area contributed by atoms with Gasteiger partial charge in [-0.2, -0.15) is 5.10 Å². The zero-order valence-corrected chi connectivity index (χ0v) is 12.4. The molecule has 1 aromatic carbocycles. The smallest absolute Gasteiger partial charge is 0.272 e. The number of fused-ring (bicyclic) bond motifs is 1. The second kappa shape index (κ2) is 5.76. The number of aromatic amines is 1. The first-order chi connectivity index (χ1) is 10.1. The lowest BCUT2D eigenvalue weighted by molar-refractivity contribution is 0.0938. The standard InChI is InChI=1S/C16H22N4O/c1-10-2-4-11(5-3-10)9-18-16(21)15-13-8-12(17)6-7-14(13)19-20-15/h6-8,10-11H,2-5,9,17H2,1H3,(H,18,21)(H,19,20). The molecule has 0 saturated heterocycles. The molecule has 112 valence electrons. The number of amides is 1. The SMILES string of the molecule is CC1CCC(CNC(=O)c2n[nH]c3ccc(N)cc23)CC1. The van der Waals surface area contributed by atoms with Gasteiger partial charge in [-0.1, -0.05) is 19.8 Å². The lowest BCUT2D eigenvalue weighted by atomic mass is 9.83. The Bertz CT molecular complexity index is 641. The third-order valence-corrected chi connectivity index (χ3v) is 4.49. The van der Waals surface area contributed by atoms with Crippen molar-refractivity contribution in [3.05, 3.63) is 23.9 Å². The zero-order chi connectivity index (χ0) is 14.8. The highest BCUT2D eigenvalue weighted by atomic mass is 16.1. The van der Waals surface area contributed by atoms with E-state index in [9.17, 15) is 4.79 Å². The fourth-order valence-electron chi connectivity index (χ4n) is 3.06. The molecule has 1 aliphatic carbocycles. The molecule has 2 aromatic rings. The molecule has 3 rings (SSSR count). The molecule has 0 unspecified atom stereocenters. The number of benzene rings is 1. The van der Waals surface area contributed by atoms with Crippen LogP contribution in [0.3, 0.4) is 0 Å². The first-order valence-electron chi connectivity index (χ1n) is 7.65. The summed E-state index contributed by atoms with van der Waals surface area (Å²) < 4.78 is 0. The highest BCUT2D eigenvalue weighted by Crippen LogP contribution is 2.27. The summed E-state index contributed by atoms with van der Waals surface area (Å²) in [6, 6.07) is 5.43. The van der Waals surface area contributed by atoms with Gasteiger partial charge in [-0.25, -0.2) is 0 Å². The maximum Gasteiger partial charge on any atom is 0.272 e. The van der Waals surface area contributed by atoms with E-state index in [4.69, 9.17) is 5.73 Å². The van der Waals surface area contributed by atoms with Gasteiger partial charge in [0.05, 0.1) is 5.52 Å². The number of rotatable bonds is 3. The summed E-state index contributed by atoms with van der Waals surface area (Å²) in [7, 11) is 0. The Kier molecular flexibility index (Phi) is 3.82. The summed E-state index contributed by atoms with van der Waals surface area (Å²) in [6.45, 7) is 3.04. The molecule has 1 fully saturated rings. The van der Waals surface area contributed by atoms with Crippen LogP contribution in [0.5, 0.6) is 0 Å². The minimum Gasteiger partial charge on any atom is -0.399 e. The quantitative estimate of drug-likeness (QED) is 0.758. The van der Waals surface area contributed by atoms with E-state index < -0.39 is 0 Å². The summed E-state index contributed by atoms with van der Waals surface area (Å²) in [5, 5.41) is 10.8. The van der Waals surface area contributed by atoms with Crippen LogP contribution in [0.1, 0.15) is 43.1 Å². The number of nitrogens with two attached hydrogens (primary N) is 1. The molecule has 1 aromatic heterocycles. The van der Waals surface area contributed by atoms with E-state index in [1.165, 1.54) is 25.7 Å². The van der Waals surface area contributed by atoms with Crippen LogP contribution in [0, 0.1) is 11.8 Å². The number of hydrogen-bond acceptors (Lipinski definition) is 3. The third kappa shape index (κ3) is 3.01. The maximum atomic E-state index is 12.3. The molecule has 5 heteroatoms. The number of aromatic nitrogens is 2. The van der Waals surface area contributed by atoms with E-state index in [2.05, 4.69) is 22.4 Å². The predicted octanol–water partition coefficient (Wildman–Crippen LogP) is 2.70. The topological polar surface area (TPSA) is 83.8 Å². The fourth-order valence-corrected chi connectivity index (χ4v) is 3.06. The van der Waals surface area contributed by atoms with E-state index in [0.717, 1.165) is 23.4 Å². The van der Waals surface area contributed by atoms with E-state index >= 15 is 0 Å². The average Bonchev–Trinajstić information content (AvgIpc) is 2.89. The lowest BCUT2D eigenvalue weighted by Crippen LogP contribution is -2.31.